The summed E-state index contributed by atoms with van der Waals surface area (Å²) in [6.07, 6.45) is 1.71. The van der Waals surface area contributed by atoms with E-state index in [-0.39, 0.29) is 30.1 Å². The topological polar surface area (TPSA) is 75.4 Å². The van der Waals surface area contributed by atoms with E-state index >= 15 is 0 Å². The van der Waals surface area contributed by atoms with Gasteiger partial charge in [0.15, 0.2) is 0 Å². The van der Waals surface area contributed by atoms with E-state index in [4.69, 9.17) is 5.73 Å². The number of aryl methyl sites for hydroxylation is 2. The summed E-state index contributed by atoms with van der Waals surface area (Å²) in [6, 6.07) is 6.28. The van der Waals surface area contributed by atoms with E-state index in [1.807, 2.05) is 4.90 Å². The van der Waals surface area contributed by atoms with Crippen molar-refractivity contribution in [2.45, 2.75) is 31.6 Å². The quantitative estimate of drug-likeness (QED) is 0.735. The molecule has 25 heavy (non-hydrogen) atoms. The number of rotatable bonds is 6. The van der Waals surface area contributed by atoms with Gasteiger partial charge in [-0.3, -0.25) is 9.59 Å². The van der Waals surface area contributed by atoms with Crippen LogP contribution in [0.4, 0.5) is 0 Å². The van der Waals surface area contributed by atoms with E-state index in [1.54, 1.807) is 11.8 Å². The Bertz CT molecular complexity index is 598. The van der Waals surface area contributed by atoms with Crippen molar-refractivity contribution in [2.75, 3.05) is 31.9 Å². The van der Waals surface area contributed by atoms with Gasteiger partial charge in [0, 0.05) is 31.1 Å². The lowest BCUT2D eigenvalue weighted by Crippen LogP contribution is -2.46. The van der Waals surface area contributed by atoms with Crippen LogP contribution >= 0.6 is 24.2 Å². The number of likely N-dealkylation sites (tertiary alicyclic amines) is 1. The van der Waals surface area contributed by atoms with E-state index < -0.39 is 0 Å². The summed E-state index contributed by atoms with van der Waals surface area (Å²) in [5, 5.41) is 2.83. The molecule has 1 saturated heterocycles. The van der Waals surface area contributed by atoms with Crippen LogP contribution in [0.2, 0.25) is 0 Å². The zero-order chi connectivity index (χ0) is 17.5. The van der Waals surface area contributed by atoms with Crippen molar-refractivity contribution < 1.29 is 9.59 Å². The monoisotopic (exact) mass is 385 g/mol. The number of hydrogen-bond donors (Lipinski definition) is 2. The molecule has 1 fully saturated rings. The Hall–Kier alpha value is -1.24. The molecule has 1 aromatic rings. The fourth-order valence-electron chi connectivity index (χ4n) is 2.85. The summed E-state index contributed by atoms with van der Waals surface area (Å²) in [5.41, 5.74) is 7.81. The van der Waals surface area contributed by atoms with Gasteiger partial charge in [0.1, 0.15) is 0 Å². The molecular weight excluding hydrogens is 358 g/mol. The third-order valence-corrected chi connectivity index (χ3v) is 5.43. The average molecular weight is 386 g/mol. The Morgan fingerprint density at radius 1 is 1.36 bits per heavy atom. The minimum Gasteiger partial charge on any atom is -0.355 e. The van der Waals surface area contributed by atoms with Crippen molar-refractivity contribution in [3.8, 4) is 0 Å². The minimum absolute atomic E-state index is 0. The van der Waals surface area contributed by atoms with Crippen molar-refractivity contribution in [1.29, 1.82) is 0 Å². The molecule has 1 aliphatic rings. The molecule has 1 aromatic carbocycles. The van der Waals surface area contributed by atoms with Crippen LogP contribution in [0.3, 0.4) is 0 Å². The fourth-order valence-corrected chi connectivity index (χ4v) is 3.88. The molecule has 140 valence electrons. The Kier molecular flexibility index (Phi) is 9.32. The lowest BCUT2D eigenvalue weighted by molar-refractivity contribution is -0.133. The first-order valence-electron chi connectivity index (χ1n) is 8.47. The van der Waals surface area contributed by atoms with Crippen molar-refractivity contribution in [3.05, 3.63) is 29.3 Å². The largest absolute Gasteiger partial charge is 0.355 e. The van der Waals surface area contributed by atoms with Gasteiger partial charge in [0.2, 0.25) is 11.8 Å². The van der Waals surface area contributed by atoms with Gasteiger partial charge in [-0.25, -0.2) is 0 Å². The molecule has 2 amide bonds. The standard InChI is InChI=1S/C18H27N3O2S.ClH/c1-13-5-6-14(2)16(10-13)24-12-17(22)21-9-3-4-15(11-21)18(23)20-8-7-19;/h5-6,10,15H,3-4,7-9,11-12,19H2,1-2H3,(H,20,23);1H. The lowest BCUT2D eigenvalue weighted by Gasteiger charge is -2.32. The highest BCUT2D eigenvalue weighted by Gasteiger charge is 2.28. The molecule has 2 rings (SSSR count). The number of amides is 2. The number of nitrogens with two attached hydrogens (primary N) is 1. The molecule has 0 bridgehead atoms. The van der Waals surface area contributed by atoms with Gasteiger partial charge in [0.25, 0.3) is 0 Å². The van der Waals surface area contributed by atoms with Crippen LogP contribution in [-0.4, -0.2) is 48.6 Å². The first-order valence-corrected chi connectivity index (χ1v) is 9.45. The SMILES string of the molecule is Cc1ccc(C)c(SCC(=O)N2CCCC(C(=O)NCCN)C2)c1.Cl. The van der Waals surface area contributed by atoms with Gasteiger partial charge >= 0.3 is 0 Å². The number of nitrogens with one attached hydrogen (secondary N) is 1. The third kappa shape index (κ3) is 6.53. The molecule has 1 heterocycles. The molecule has 1 aliphatic heterocycles. The fraction of sp³-hybridized carbons (Fsp3) is 0.556. The van der Waals surface area contributed by atoms with Gasteiger partial charge in [-0.15, -0.1) is 24.2 Å². The van der Waals surface area contributed by atoms with Gasteiger partial charge < -0.3 is 16.0 Å². The molecule has 5 nitrogen and oxygen atoms in total. The van der Waals surface area contributed by atoms with Crippen molar-refractivity contribution in [3.63, 3.8) is 0 Å². The van der Waals surface area contributed by atoms with Gasteiger partial charge in [0.05, 0.1) is 11.7 Å². The van der Waals surface area contributed by atoms with Gasteiger partial charge in [-0.1, -0.05) is 17.7 Å². The molecule has 0 aromatic heterocycles. The van der Waals surface area contributed by atoms with E-state index in [2.05, 4.69) is 37.4 Å². The maximum Gasteiger partial charge on any atom is 0.232 e. The Balaban J connectivity index is 0.00000312. The summed E-state index contributed by atoms with van der Waals surface area (Å²) in [6.45, 7) is 6.31. The van der Waals surface area contributed by atoms with Crippen molar-refractivity contribution >= 4 is 36.0 Å². The molecule has 3 N–H and O–H groups in total. The van der Waals surface area contributed by atoms with E-state index in [1.165, 1.54) is 11.1 Å². The van der Waals surface area contributed by atoms with Crippen LogP contribution in [0.1, 0.15) is 24.0 Å². The van der Waals surface area contributed by atoms with Crippen LogP contribution in [-0.2, 0) is 9.59 Å². The highest BCUT2D eigenvalue weighted by Crippen LogP contribution is 2.25. The van der Waals surface area contributed by atoms with Crippen LogP contribution in [0, 0.1) is 19.8 Å². The zero-order valence-corrected chi connectivity index (χ0v) is 16.5. The Morgan fingerprint density at radius 2 is 2.12 bits per heavy atom. The van der Waals surface area contributed by atoms with Crippen molar-refractivity contribution in [2.24, 2.45) is 11.7 Å². The lowest BCUT2D eigenvalue weighted by atomic mass is 9.97. The Labute approximate surface area is 160 Å². The average Bonchev–Trinajstić information content (AvgIpc) is 2.60. The third-order valence-electron chi connectivity index (χ3n) is 4.28. The maximum absolute atomic E-state index is 12.5. The maximum atomic E-state index is 12.5. The predicted molar refractivity (Wildman–Crippen MR) is 105 cm³/mol. The number of thioether (sulfide) groups is 1. The summed E-state index contributed by atoms with van der Waals surface area (Å²) in [5.74, 6) is 0.429. The van der Waals surface area contributed by atoms with E-state index in [0.29, 0.717) is 25.4 Å². The number of nitrogens with zero attached hydrogens (tertiary/aromatic N) is 1. The summed E-state index contributed by atoms with van der Waals surface area (Å²) >= 11 is 1.58. The number of piperidine rings is 1. The molecule has 0 saturated carbocycles. The Morgan fingerprint density at radius 3 is 2.84 bits per heavy atom. The van der Waals surface area contributed by atoms with Crippen LogP contribution < -0.4 is 11.1 Å². The first-order chi connectivity index (χ1) is 11.5. The second-order valence-electron chi connectivity index (χ2n) is 6.32. The highest BCUT2D eigenvalue weighted by molar-refractivity contribution is 8.00. The zero-order valence-electron chi connectivity index (χ0n) is 14.9. The second-order valence-corrected chi connectivity index (χ2v) is 7.33. The van der Waals surface area contributed by atoms with Crippen LogP contribution in [0.5, 0.6) is 0 Å². The van der Waals surface area contributed by atoms with Crippen LogP contribution in [0.25, 0.3) is 0 Å². The summed E-state index contributed by atoms with van der Waals surface area (Å²) in [7, 11) is 0. The smallest absolute Gasteiger partial charge is 0.232 e. The van der Waals surface area contributed by atoms with Gasteiger partial charge in [-0.2, -0.15) is 0 Å². The second kappa shape index (κ2) is 10.7. The van der Waals surface area contributed by atoms with Crippen LogP contribution in [0.15, 0.2) is 23.1 Å². The molecule has 0 spiro atoms. The summed E-state index contributed by atoms with van der Waals surface area (Å²) < 4.78 is 0. The van der Waals surface area contributed by atoms with E-state index in [9.17, 15) is 9.59 Å². The number of halogens is 1. The highest BCUT2D eigenvalue weighted by atomic mass is 35.5. The summed E-state index contributed by atoms with van der Waals surface area (Å²) in [4.78, 5) is 27.6. The van der Waals surface area contributed by atoms with Gasteiger partial charge in [-0.05, 0) is 38.3 Å². The van der Waals surface area contributed by atoms with Crippen molar-refractivity contribution in [1.82, 2.24) is 10.2 Å². The minimum atomic E-state index is -0.111. The molecule has 0 radical (unpaired) electrons. The number of hydrogen-bond acceptors (Lipinski definition) is 4. The molecule has 7 heteroatoms. The number of benzene rings is 1. The van der Waals surface area contributed by atoms with E-state index in [0.717, 1.165) is 24.3 Å². The molecular formula is C18H28ClN3O2S. The normalized spacial score (nSPS) is 16.9. The molecule has 1 atom stereocenters. The molecule has 0 aliphatic carbocycles. The number of carbonyl (C=O) groups excluding carboxylic acids is 2. The predicted octanol–water partition coefficient (Wildman–Crippen LogP) is 2.13. The first kappa shape index (κ1) is 21.8. The number of carbonyl (C=O) groups is 2. The molecule has 1 unspecified atom stereocenters.